The van der Waals surface area contributed by atoms with Gasteiger partial charge in [0, 0.05) is 34.0 Å². The molecule has 1 fully saturated rings. The average Bonchev–Trinajstić information content (AvgIpc) is 2.30. The monoisotopic (exact) mass is 282 g/mol. The predicted octanol–water partition coefficient (Wildman–Crippen LogP) is 1.72. The number of nitrogens with zero attached hydrogens (tertiary/aromatic N) is 1. The molecule has 2 N–H and O–H groups in total. The van der Waals surface area contributed by atoms with Crippen LogP contribution in [-0.2, 0) is 10.8 Å². The van der Waals surface area contributed by atoms with Crippen molar-refractivity contribution in [3.05, 3.63) is 23.0 Å². The Bertz CT molecular complexity index is 521. The highest BCUT2D eigenvalue weighted by Gasteiger charge is 2.21. The van der Waals surface area contributed by atoms with Crippen LogP contribution in [0.2, 0.25) is 0 Å². The number of nitrogens with one attached hydrogen (secondary N) is 1. The van der Waals surface area contributed by atoms with Crippen LogP contribution in [0, 0.1) is 13.8 Å². The molecule has 0 spiro atoms. The Labute approximate surface area is 114 Å². The third-order valence-electron chi connectivity index (χ3n) is 3.29. The van der Waals surface area contributed by atoms with Crippen molar-refractivity contribution in [3.63, 3.8) is 0 Å². The fourth-order valence-electron chi connectivity index (χ4n) is 2.37. The van der Waals surface area contributed by atoms with E-state index in [0.29, 0.717) is 22.9 Å². The van der Waals surface area contributed by atoms with E-state index in [0.717, 1.165) is 18.5 Å². The van der Waals surface area contributed by atoms with Gasteiger partial charge in [0.1, 0.15) is 5.56 Å². The topological polar surface area (TPSA) is 79.3 Å². The van der Waals surface area contributed by atoms with Gasteiger partial charge >= 0.3 is 5.97 Å². The quantitative estimate of drug-likeness (QED) is 0.882. The Kier molecular flexibility index (Phi) is 4.19. The first kappa shape index (κ1) is 14.0. The van der Waals surface area contributed by atoms with Crippen molar-refractivity contribution >= 4 is 22.5 Å². The van der Waals surface area contributed by atoms with Gasteiger partial charge in [0.05, 0.1) is 11.4 Å². The minimum atomic E-state index is -0.966. The number of carboxylic acids is 1. The van der Waals surface area contributed by atoms with Crippen molar-refractivity contribution in [1.29, 1.82) is 0 Å². The zero-order valence-electron chi connectivity index (χ0n) is 11.1. The molecule has 0 aliphatic carbocycles. The molecule has 19 heavy (non-hydrogen) atoms. The van der Waals surface area contributed by atoms with Crippen LogP contribution in [-0.4, -0.2) is 37.8 Å². The maximum absolute atomic E-state index is 11.3. The summed E-state index contributed by atoms with van der Waals surface area (Å²) in [5, 5.41) is 12.6. The van der Waals surface area contributed by atoms with Gasteiger partial charge in [-0.3, -0.25) is 9.19 Å². The highest BCUT2D eigenvalue weighted by molar-refractivity contribution is 7.85. The van der Waals surface area contributed by atoms with E-state index in [-0.39, 0.29) is 11.6 Å². The van der Waals surface area contributed by atoms with Crippen molar-refractivity contribution in [2.24, 2.45) is 0 Å². The largest absolute Gasteiger partial charge is 0.478 e. The molecule has 0 bridgehead atoms. The number of aromatic nitrogens is 1. The second-order valence-electron chi connectivity index (χ2n) is 4.84. The standard InChI is InChI=1S/C13H18N2O3S/c1-8-7-11(12(13(16)17)9(2)14-8)15-10-3-5-19(18)6-4-10/h7,10H,3-6H2,1-2H3,(H,14,15)(H,16,17). The summed E-state index contributed by atoms with van der Waals surface area (Å²) in [5.41, 5.74) is 2.17. The Balaban J connectivity index is 2.24. The second kappa shape index (κ2) is 5.69. The average molecular weight is 282 g/mol. The van der Waals surface area contributed by atoms with E-state index in [2.05, 4.69) is 10.3 Å². The smallest absolute Gasteiger partial charge is 0.339 e. The van der Waals surface area contributed by atoms with E-state index in [9.17, 15) is 14.1 Å². The first-order chi connectivity index (χ1) is 8.97. The van der Waals surface area contributed by atoms with Crippen LogP contribution in [0.3, 0.4) is 0 Å². The van der Waals surface area contributed by atoms with E-state index in [4.69, 9.17) is 0 Å². The van der Waals surface area contributed by atoms with Gasteiger partial charge in [-0.1, -0.05) is 0 Å². The van der Waals surface area contributed by atoms with E-state index in [1.54, 1.807) is 13.0 Å². The molecule has 2 heterocycles. The van der Waals surface area contributed by atoms with E-state index in [1.807, 2.05) is 6.92 Å². The maximum atomic E-state index is 11.3. The number of hydrogen-bond acceptors (Lipinski definition) is 4. The van der Waals surface area contributed by atoms with Crippen LogP contribution in [0.4, 0.5) is 5.69 Å². The molecule has 0 amide bonds. The molecule has 0 radical (unpaired) electrons. The molecule has 1 aromatic heterocycles. The number of carbonyl (C=O) groups is 1. The van der Waals surface area contributed by atoms with Gasteiger partial charge in [0.15, 0.2) is 0 Å². The lowest BCUT2D eigenvalue weighted by Gasteiger charge is -2.24. The summed E-state index contributed by atoms with van der Waals surface area (Å²) in [6, 6.07) is 1.96. The molecular formula is C13H18N2O3S. The van der Waals surface area contributed by atoms with Crippen LogP contribution in [0.5, 0.6) is 0 Å². The predicted molar refractivity (Wildman–Crippen MR) is 75.2 cm³/mol. The van der Waals surface area contributed by atoms with Crippen LogP contribution in [0.15, 0.2) is 6.07 Å². The molecule has 5 nitrogen and oxygen atoms in total. The molecule has 2 rings (SSSR count). The number of aryl methyl sites for hydroxylation is 2. The minimum absolute atomic E-state index is 0.192. The van der Waals surface area contributed by atoms with Crippen molar-refractivity contribution in [2.45, 2.75) is 32.7 Å². The molecule has 0 aromatic carbocycles. The van der Waals surface area contributed by atoms with Crippen LogP contribution in [0.25, 0.3) is 0 Å². The number of aromatic carboxylic acids is 1. The SMILES string of the molecule is Cc1cc(NC2CCS(=O)CC2)c(C(=O)O)c(C)n1. The summed E-state index contributed by atoms with van der Waals surface area (Å²) in [5.74, 6) is 0.401. The fraction of sp³-hybridized carbons (Fsp3) is 0.538. The summed E-state index contributed by atoms with van der Waals surface area (Å²) < 4.78 is 11.3. The van der Waals surface area contributed by atoms with Gasteiger partial charge in [0.2, 0.25) is 0 Å². The molecule has 6 heteroatoms. The van der Waals surface area contributed by atoms with E-state index >= 15 is 0 Å². The van der Waals surface area contributed by atoms with Gasteiger partial charge in [-0.25, -0.2) is 4.79 Å². The van der Waals surface area contributed by atoms with Crippen molar-refractivity contribution < 1.29 is 14.1 Å². The lowest BCUT2D eigenvalue weighted by Crippen LogP contribution is -2.30. The van der Waals surface area contributed by atoms with Gasteiger partial charge in [-0.05, 0) is 32.8 Å². The lowest BCUT2D eigenvalue weighted by atomic mass is 10.1. The maximum Gasteiger partial charge on any atom is 0.339 e. The molecule has 1 aliphatic rings. The van der Waals surface area contributed by atoms with Gasteiger partial charge in [0.25, 0.3) is 0 Å². The number of rotatable bonds is 3. The first-order valence-corrected chi connectivity index (χ1v) is 7.79. The Hall–Kier alpha value is -1.43. The summed E-state index contributed by atoms with van der Waals surface area (Å²) in [6.45, 7) is 3.55. The molecule has 0 unspecified atom stereocenters. The molecule has 1 aliphatic heterocycles. The Morgan fingerprint density at radius 3 is 2.63 bits per heavy atom. The molecular weight excluding hydrogens is 264 g/mol. The van der Waals surface area contributed by atoms with Gasteiger partial charge in [-0.2, -0.15) is 0 Å². The highest BCUT2D eigenvalue weighted by atomic mass is 32.2. The third-order valence-corrected chi connectivity index (χ3v) is 4.67. The number of hydrogen-bond donors (Lipinski definition) is 2. The molecule has 0 atom stereocenters. The zero-order valence-corrected chi connectivity index (χ0v) is 11.9. The number of pyridine rings is 1. The zero-order chi connectivity index (χ0) is 14.0. The Morgan fingerprint density at radius 2 is 2.05 bits per heavy atom. The van der Waals surface area contributed by atoms with Crippen molar-refractivity contribution in [1.82, 2.24) is 4.98 Å². The molecule has 0 saturated carbocycles. The summed E-state index contributed by atoms with van der Waals surface area (Å²) in [7, 11) is -0.710. The summed E-state index contributed by atoms with van der Waals surface area (Å²) in [4.78, 5) is 15.5. The normalized spacial score (nSPS) is 23.1. The fourth-order valence-corrected chi connectivity index (χ4v) is 3.67. The van der Waals surface area contributed by atoms with Crippen molar-refractivity contribution in [2.75, 3.05) is 16.8 Å². The second-order valence-corrected chi connectivity index (χ2v) is 6.54. The van der Waals surface area contributed by atoms with Crippen LogP contribution in [0.1, 0.15) is 34.6 Å². The van der Waals surface area contributed by atoms with E-state index < -0.39 is 16.8 Å². The summed E-state index contributed by atoms with van der Waals surface area (Å²) in [6.07, 6.45) is 1.62. The van der Waals surface area contributed by atoms with Gasteiger partial charge < -0.3 is 10.4 Å². The summed E-state index contributed by atoms with van der Waals surface area (Å²) >= 11 is 0. The highest BCUT2D eigenvalue weighted by Crippen LogP contribution is 2.23. The Morgan fingerprint density at radius 1 is 1.42 bits per heavy atom. The third kappa shape index (κ3) is 3.32. The van der Waals surface area contributed by atoms with E-state index in [1.165, 1.54) is 0 Å². The minimum Gasteiger partial charge on any atom is -0.478 e. The number of carboxylic acid groups (broad SMARTS) is 1. The molecule has 1 aromatic rings. The van der Waals surface area contributed by atoms with Crippen LogP contribution >= 0.6 is 0 Å². The van der Waals surface area contributed by atoms with Crippen LogP contribution < -0.4 is 5.32 Å². The van der Waals surface area contributed by atoms with Gasteiger partial charge in [-0.15, -0.1) is 0 Å². The number of anilines is 1. The molecule has 104 valence electrons. The van der Waals surface area contributed by atoms with Crippen molar-refractivity contribution in [3.8, 4) is 0 Å². The molecule has 1 saturated heterocycles. The lowest BCUT2D eigenvalue weighted by molar-refractivity contribution is 0.0696. The first-order valence-electron chi connectivity index (χ1n) is 6.30.